The van der Waals surface area contributed by atoms with Crippen LogP contribution >= 0.6 is 0 Å². The highest BCUT2D eigenvalue weighted by molar-refractivity contribution is 5.45. The van der Waals surface area contributed by atoms with Gasteiger partial charge in [-0.05, 0) is 29.8 Å². The Morgan fingerprint density at radius 1 is 1.11 bits per heavy atom. The molecule has 19 heavy (non-hydrogen) atoms. The molecule has 0 aliphatic carbocycles. The number of hydrogen-bond donors (Lipinski definition) is 0. The van der Waals surface area contributed by atoms with Crippen molar-refractivity contribution in [3.63, 3.8) is 0 Å². The third-order valence-corrected chi connectivity index (χ3v) is 2.55. The number of pyridine rings is 1. The normalized spacial score (nSPS) is 9.37. The van der Waals surface area contributed by atoms with Crippen molar-refractivity contribution in [3.05, 3.63) is 59.4 Å². The number of benzene rings is 1. The van der Waals surface area contributed by atoms with Crippen molar-refractivity contribution in [2.75, 3.05) is 6.61 Å². The van der Waals surface area contributed by atoms with Crippen LogP contribution in [0.25, 0.3) is 0 Å². The first-order valence-electron chi connectivity index (χ1n) is 5.79. The second-order valence-corrected chi connectivity index (χ2v) is 3.93. The summed E-state index contributed by atoms with van der Waals surface area (Å²) in [5.41, 5.74) is 1.94. The molecule has 0 amide bonds. The highest BCUT2D eigenvalue weighted by Gasteiger charge is 2.02. The lowest BCUT2D eigenvalue weighted by Crippen LogP contribution is -2.02. The van der Waals surface area contributed by atoms with E-state index in [4.69, 9.17) is 15.3 Å². The molecule has 0 aliphatic heterocycles. The van der Waals surface area contributed by atoms with Crippen molar-refractivity contribution in [1.82, 2.24) is 4.98 Å². The summed E-state index contributed by atoms with van der Waals surface area (Å²) in [5, 5.41) is 17.7. The molecule has 0 aliphatic rings. The highest BCUT2D eigenvalue weighted by atomic mass is 16.5. The number of hydrogen-bond acceptors (Lipinski definition) is 4. The van der Waals surface area contributed by atoms with Crippen LogP contribution in [0.4, 0.5) is 0 Å². The van der Waals surface area contributed by atoms with E-state index in [9.17, 15) is 0 Å². The molecule has 4 heteroatoms. The fourth-order valence-corrected chi connectivity index (χ4v) is 1.64. The third-order valence-electron chi connectivity index (χ3n) is 2.55. The summed E-state index contributed by atoms with van der Waals surface area (Å²) in [7, 11) is 0. The van der Waals surface area contributed by atoms with Crippen LogP contribution in [-0.4, -0.2) is 11.6 Å². The molecule has 2 aromatic rings. The molecule has 0 bridgehead atoms. The van der Waals surface area contributed by atoms with Crippen LogP contribution in [0.2, 0.25) is 0 Å². The molecule has 4 nitrogen and oxygen atoms in total. The number of ether oxygens (including phenoxy) is 1. The molecule has 0 saturated heterocycles. The first-order chi connectivity index (χ1) is 9.31. The standard InChI is InChI=1S/C15H11N3O/c16-9-13-6-14(10-17)8-15(7-13)19-5-3-12-2-1-4-18-11-12/h1-2,4,6-8,11H,3,5H2. The minimum absolute atomic E-state index is 0.426. The zero-order valence-corrected chi connectivity index (χ0v) is 10.2. The molecular weight excluding hydrogens is 238 g/mol. The number of nitriles is 2. The lowest BCUT2D eigenvalue weighted by molar-refractivity contribution is 0.321. The van der Waals surface area contributed by atoms with E-state index in [2.05, 4.69) is 4.98 Å². The van der Waals surface area contributed by atoms with Gasteiger partial charge in [-0.1, -0.05) is 6.07 Å². The van der Waals surface area contributed by atoms with Crippen molar-refractivity contribution in [3.8, 4) is 17.9 Å². The Kier molecular flexibility index (Phi) is 4.10. The molecule has 0 spiro atoms. The van der Waals surface area contributed by atoms with Gasteiger partial charge < -0.3 is 4.74 Å². The second kappa shape index (κ2) is 6.18. The van der Waals surface area contributed by atoms with Crippen molar-refractivity contribution in [2.45, 2.75) is 6.42 Å². The Morgan fingerprint density at radius 3 is 2.42 bits per heavy atom. The van der Waals surface area contributed by atoms with Gasteiger partial charge in [0.2, 0.25) is 0 Å². The summed E-state index contributed by atoms with van der Waals surface area (Å²) in [4.78, 5) is 4.02. The number of nitrogens with zero attached hydrogens (tertiary/aromatic N) is 3. The van der Waals surface area contributed by atoms with E-state index in [1.54, 1.807) is 24.5 Å². The fraction of sp³-hybridized carbons (Fsp3) is 0.133. The van der Waals surface area contributed by atoms with Crippen LogP contribution in [0.3, 0.4) is 0 Å². The molecule has 0 N–H and O–H groups in total. The predicted molar refractivity (Wildman–Crippen MR) is 69.3 cm³/mol. The van der Waals surface area contributed by atoms with E-state index >= 15 is 0 Å². The van der Waals surface area contributed by atoms with Crippen molar-refractivity contribution in [2.24, 2.45) is 0 Å². The van der Waals surface area contributed by atoms with Crippen LogP contribution in [0.1, 0.15) is 16.7 Å². The number of aromatic nitrogens is 1. The van der Waals surface area contributed by atoms with Gasteiger partial charge in [0.1, 0.15) is 5.75 Å². The topological polar surface area (TPSA) is 69.7 Å². The Hall–Kier alpha value is -2.85. The van der Waals surface area contributed by atoms with E-state index in [1.807, 2.05) is 24.3 Å². The predicted octanol–water partition coefficient (Wildman–Crippen LogP) is 2.45. The average molecular weight is 249 g/mol. The molecule has 0 atom stereocenters. The van der Waals surface area contributed by atoms with E-state index in [-0.39, 0.29) is 0 Å². The van der Waals surface area contributed by atoms with Crippen LogP contribution in [-0.2, 0) is 6.42 Å². The zero-order valence-electron chi connectivity index (χ0n) is 10.2. The smallest absolute Gasteiger partial charge is 0.121 e. The SMILES string of the molecule is N#Cc1cc(C#N)cc(OCCc2cccnc2)c1. The molecule has 2 rings (SSSR count). The Balaban J connectivity index is 2.00. The second-order valence-electron chi connectivity index (χ2n) is 3.93. The van der Waals surface area contributed by atoms with E-state index in [0.717, 1.165) is 12.0 Å². The summed E-state index contributed by atoms with van der Waals surface area (Å²) >= 11 is 0. The molecule has 1 aromatic carbocycles. The van der Waals surface area contributed by atoms with Gasteiger partial charge in [0.15, 0.2) is 0 Å². The third kappa shape index (κ3) is 3.55. The van der Waals surface area contributed by atoms with Gasteiger partial charge in [-0.15, -0.1) is 0 Å². The van der Waals surface area contributed by atoms with Crippen LogP contribution < -0.4 is 4.74 Å². The Morgan fingerprint density at radius 2 is 1.84 bits per heavy atom. The first kappa shape index (κ1) is 12.6. The van der Waals surface area contributed by atoms with Gasteiger partial charge >= 0.3 is 0 Å². The highest BCUT2D eigenvalue weighted by Crippen LogP contribution is 2.16. The molecular formula is C15H11N3O. The van der Waals surface area contributed by atoms with Gasteiger partial charge in [0.25, 0.3) is 0 Å². The zero-order chi connectivity index (χ0) is 13.5. The van der Waals surface area contributed by atoms with Crippen molar-refractivity contribution < 1.29 is 4.74 Å². The maximum atomic E-state index is 8.86. The van der Waals surface area contributed by atoms with Crippen LogP contribution in [0.15, 0.2) is 42.7 Å². The molecule has 0 fully saturated rings. The first-order valence-corrected chi connectivity index (χ1v) is 5.79. The molecule has 92 valence electrons. The summed E-state index contributed by atoms with van der Waals surface area (Å²) in [6.07, 6.45) is 4.24. The van der Waals surface area contributed by atoms with Crippen LogP contribution in [0.5, 0.6) is 5.75 Å². The number of rotatable bonds is 4. The lowest BCUT2D eigenvalue weighted by Gasteiger charge is -2.06. The Labute approximate surface area is 111 Å². The minimum Gasteiger partial charge on any atom is -0.493 e. The molecule has 0 saturated carbocycles. The summed E-state index contributed by atoms with van der Waals surface area (Å²) in [6, 6.07) is 12.7. The van der Waals surface area contributed by atoms with Crippen LogP contribution in [0, 0.1) is 22.7 Å². The monoisotopic (exact) mass is 249 g/mol. The Bertz CT molecular complexity index is 606. The maximum absolute atomic E-state index is 8.86. The summed E-state index contributed by atoms with van der Waals surface area (Å²) in [5.74, 6) is 0.541. The van der Waals surface area contributed by atoms with Gasteiger partial charge in [-0.25, -0.2) is 0 Å². The van der Waals surface area contributed by atoms with Gasteiger partial charge in [0.05, 0.1) is 29.9 Å². The fourth-order valence-electron chi connectivity index (χ4n) is 1.64. The molecule has 0 radical (unpaired) electrons. The molecule has 0 unspecified atom stereocenters. The van der Waals surface area contributed by atoms with Crippen molar-refractivity contribution in [1.29, 1.82) is 10.5 Å². The van der Waals surface area contributed by atoms with Gasteiger partial charge in [-0.3, -0.25) is 4.98 Å². The largest absolute Gasteiger partial charge is 0.493 e. The van der Waals surface area contributed by atoms with Crippen molar-refractivity contribution >= 4 is 0 Å². The van der Waals surface area contributed by atoms with Gasteiger partial charge in [-0.2, -0.15) is 10.5 Å². The molecule has 1 heterocycles. The summed E-state index contributed by atoms with van der Waals surface area (Å²) in [6.45, 7) is 0.478. The van der Waals surface area contributed by atoms with Gasteiger partial charge in [0, 0.05) is 18.8 Å². The lowest BCUT2D eigenvalue weighted by atomic mass is 10.1. The van der Waals surface area contributed by atoms with E-state index in [0.29, 0.717) is 23.5 Å². The quantitative estimate of drug-likeness (QED) is 0.834. The molecule has 1 aromatic heterocycles. The summed E-state index contributed by atoms with van der Waals surface area (Å²) < 4.78 is 5.56. The maximum Gasteiger partial charge on any atom is 0.121 e. The average Bonchev–Trinajstić information content (AvgIpc) is 2.48. The van der Waals surface area contributed by atoms with E-state index < -0.39 is 0 Å². The van der Waals surface area contributed by atoms with E-state index in [1.165, 1.54) is 6.07 Å². The minimum atomic E-state index is 0.426.